The molecule has 186 valence electrons. The molecule has 0 unspecified atom stereocenters. The first-order valence-corrected chi connectivity index (χ1v) is 12.8. The molecule has 1 amide bonds. The van der Waals surface area contributed by atoms with Crippen LogP contribution in [0.2, 0.25) is 15.1 Å². The number of benzene rings is 3. The normalized spacial score (nSPS) is 12.3. The molecule has 3 aromatic carbocycles. The van der Waals surface area contributed by atoms with Crippen LogP contribution in [0.15, 0.2) is 70.3 Å². The number of anilines is 1. The summed E-state index contributed by atoms with van der Waals surface area (Å²) in [5, 5.41) is 12.5. The minimum atomic E-state index is -4.28. The Balaban J connectivity index is 1.66. The number of aliphatic carboxylic acids is 1. The standard InChI is InChI=1S/C23H16Cl3N3O6S/c24-13-6-4-12(5-7-13)8-18(23(31)32)28-22(30)14-9-15(25)16(26)10-17(14)29-36(33,34)20-3-1-2-19-21(20)27-11-35-19/h1-7,9-11,18,29H,8H2,(H,28,30)(H,31,32)/t18-/m1/s1. The van der Waals surface area contributed by atoms with Gasteiger partial charge in [-0.1, -0.05) is 53.0 Å². The van der Waals surface area contributed by atoms with E-state index in [-0.39, 0.29) is 43.7 Å². The van der Waals surface area contributed by atoms with Gasteiger partial charge in [0.15, 0.2) is 12.0 Å². The summed E-state index contributed by atoms with van der Waals surface area (Å²) < 4.78 is 33.8. The molecule has 0 spiro atoms. The molecule has 0 aliphatic rings. The van der Waals surface area contributed by atoms with Gasteiger partial charge in [-0.3, -0.25) is 9.52 Å². The topological polar surface area (TPSA) is 139 Å². The van der Waals surface area contributed by atoms with Crippen LogP contribution < -0.4 is 10.0 Å². The van der Waals surface area contributed by atoms with Crippen LogP contribution in [0.3, 0.4) is 0 Å². The quantitative estimate of drug-likeness (QED) is 0.271. The maximum absolute atomic E-state index is 13.2. The third-order valence-corrected chi connectivity index (χ3v) is 7.49. The number of carboxylic acids is 1. The van der Waals surface area contributed by atoms with Crippen molar-refractivity contribution in [3.05, 3.63) is 87.2 Å². The average Bonchev–Trinajstić information content (AvgIpc) is 3.30. The van der Waals surface area contributed by atoms with Crippen molar-refractivity contribution in [2.24, 2.45) is 0 Å². The molecule has 1 atom stereocenters. The van der Waals surface area contributed by atoms with Crippen molar-refractivity contribution in [3.8, 4) is 0 Å². The summed E-state index contributed by atoms with van der Waals surface area (Å²) in [6, 6.07) is 11.8. The van der Waals surface area contributed by atoms with Gasteiger partial charge in [0.2, 0.25) is 0 Å². The number of fused-ring (bicyclic) bond motifs is 1. The highest BCUT2D eigenvalue weighted by Crippen LogP contribution is 2.32. The minimum Gasteiger partial charge on any atom is -0.480 e. The largest absolute Gasteiger partial charge is 0.480 e. The molecule has 0 saturated carbocycles. The van der Waals surface area contributed by atoms with Crippen LogP contribution in [0.25, 0.3) is 11.1 Å². The van der Waals surface area contributed by atoms with Gasteiger partial charge >= 0.3 is 5.97 Å². The summed E-state index contributed by atoms with van der Waals surface area (Å²) in [7, 11) is -4.28. The number of rotatable bonds is 8. The number of hydrogen-bond acceptors (Lipinski definition) is 6. The molecule has 0 aliphatic heterocycles. The Labute approximate surface area is 220 Å². The molecule has 13 heteroatoms. The molecule has 1 aromatic heterocycles. The number of carbonyl (C=O) groups is 2. The number of carbonyl (C=O) groups excluding carboxylic acids is 1. The Morgan fingerprint density at radius 2 is 1.72 bits per heavy atom. The van der Waals surface area contributed by atoms with Gasteiger partial charge < -0.3 is 14.8 Å². The fraction of sp³-hybridized carbons (Fsp3) is 0.0870. The van der Waals surface area contributed by atoms with E-state index in [0.29, 0.717) is 10.6 Å². The van der Waals surface area contributed by atoms with Crippen molar-refractivity contribution in [2.45, 2.75) is 17.4 Å². The zero-order chi connectivity index (χ0) is 26.0. The fourth-order valence-corrected chi connectivity index (χ4v) is 5.08. The number of nitrogens with zero attached hydrogens (tertiary/aromatic N) is 1. The highest BCUT2D eigenvalue weighted by atomic mass is 35.5. The minimum absolute atomic E-state index is 0.0264. The van der Waals surface area contributed by atoms with Gasteiger partial charge in [0.25, 0.3) is 15.9 Å². The van der Waals surface area contributed by atoms with Crippen molar-refractivity contribution in [1.29, 1.82) is 0 Å². The molecule has 3 N–H and O–H groups in total. The van der Waals surface area contributed by atoms with E-state index in [0.717, 1.165) is 18.5 Å². The van der Waals surface area contributed by atoms with Crippen LogP contribution in [0, 0.1) is 0 Å². The lowest BCUT2D eigenvalue weighted by molar-refractivity contribution is -0.139. The van der Waals surface area contributed by atoms with E-state index < -0.39 is 27.9 Å². The number of para-hydroxylation sites is 1. The molecule has 0 radical (unpaired) electrons. The van der Waals surface area contributed by atoms with Crippen molar-refractivity contribution in [2.75, 3.05) is 4.72 Å². The number of amides is 1. The molecule has 9 nitrogen and oxygen atoms in total. The third kappa shape index (κ3) is 5.57. The average molecular weight is 569 g/mol. The Morgan fingerprint density at radius 1 is 1.03 bits per heavy atom. The molecular formula is C23H16Cl3N3O6S. The molecule has 0 bridgehead atoms. The van der Waals surface area contributed by atoms with Crippen LogP contribution in [-0.2, 0) is 21.2 Å². The Morgan fingerprint density at radius 3 is 2.42 bits per heavy atom. The zero-order valence-corrected chi connectivity index (χ0v) is 21.1. The highest BCUT2D eigenvalue weighted by molar-refractivity contribution is 7.93. The SMILES string of the molecule is O=C(N[C@H](Cc1ccc(Cl)cc1)C(=O)O)c1cc(Cl)c(Cl)cc1NS(=O)(=O)c1cccc2ocnc12. The number of carboxylic acid groups (broad SMARTS) is 1. The molecule has 0 fully saturated rings. The zero-order valence-electron chi connectivity index (χ0n) is 18.0. The Hall–Kier alpha value is -3.31. The number of oxazole rings is 1. The summed E-state index contributed by atoms with van der Waals surface area (Å²) in [6.45, 7) is 0. The lowest BCUT2D eigenvalue weighted by Gasteiger charge is -2.18. The highest BCUT2D eigenvalue weighted by Gasteiger charge is 2.26. The van der Waals surface area contributed by atoms with Crippen LogP contribution in [0.1, 0.15) is 15.9 Å². The first-order chi connectivity index (χ1) is 17.0. The predicted octanol–water partition coefficient (Wildman–Crippen LogP) is 5.01. The van der Waals surface area contributed by atoms with Crippen molar-refractivity contribution >= 4 is 73.5 Å². The van der Waals surface area contributed by atoms with Gasteiger partial charge in [0.05, 0.1) is 21.3 Å². The van der Waals surface area contributed by atoms with Gasteiger partial charge in [-0.2, -0.15) is 0 Å². The molecule has 4 aromatic rings. The number of aromatic nitrogens is 1. The molecule has 0 saturated heterocycles. The van der Waals surface area contributed by atoms with Crippen LogP contribution in [-0.4, -0.2) is 36.4 Å². The molecular weight excluding hydrogens is 553 g/mol. The number of nitrogens with one attached hydrogen (secondary N) is 2. The molecule has 0 aliphatic carbocycles. The number of hydrogen-bond donors (Lipinski definition) is 3. The summed E-state index contributed by atoms with van der Waals surface area (Å²) in [5.74, 6) is -2.18. The van der Waals surface area contributed by atoms with E-state index in [4.69, 9.17) is 39.2 Å². The summed E-state index contributed by atoms with van der Waals surface area (Å²) >= 11 is 18.0. The maximum Gasteiger partial charge on any atom is 0.326 e. The lowest BCUT2D eigenvalue weighted by Crippen LogP contribution is -2.42. The van der Waals surface area contributed by atoms with Crippen molar-refractivity contribution < 1.29 is 27.5 Å². The van der Waals surface area contributed by atoms with E-state index in [1.54, 1.807) is 30.3 Å². The van der Waals surface area contributed by atoms with E-state index in [1.807, 2.05) is 0 Å². The smallest absolute Gasteiger partial charge is 0.326 e. The van der Waals surface area contributed by atoms with Gasteiger partial charge in [-0.05, 0) is 42.0 Å². The second kappa shape index (κ2) is 10.4. The molecule has 1 heterocycles. The Bertz CT molecular complexity index is 1570. The van der Waals surface area contributed by atoms with Gasteiger partial charge in [0.1, 0.15) is 16.5 Å². The first-order valence-electron chi connectivity index (χ1n) is 10.2. The van der Waals surface area contributed by atoms with Crippen LogP contribution in [0.4, 0.5) is 5.69 Å². The molecule has 4 rings (SSSR count). The van der Waals surface area contributed by atoms with E-state index >= 15 is 0 Å². The second-order valence-electron chi connectivity index (χ2n) is 7.57. The monoisotopic (exact) mass is 567 g/mol. The van der Waals surface area contributed by atoms with Gasteiger partial charge in [0, 0.05) is 11.4 Å². The van der Waals surface area contributed by atoms with E-state index in [2.05, 4.69) is 15.0 Å². The van der Waals surface area contributed by atoms with Crippen molar-refractivity contribution in [1.82, 2.24) is 10.3 Å². The van der Waals surface area contributed by atoms with Gasteiger partial charge in [-0.15, -0.1) is 0 Å². The molecule has 36 heavy (non-hydrogen) atoms. The van der Waals surface area contributed by atoms with Crippen LogP contribution in [0.5, 0.6) is 0 Å². The maximum atomic E-state index is 13.2. The Kier molecular flexibility index (Phi) is 7.41. The lowest BCUT2D eigenvalue weighted by atomic mass is 10.1. The summed E-state index contributed by atoms with van der Waals surface area (Å²) in [5.41, 5.74) is 0.505. The van der Waals surface area contributed by atoms with E-state index in [1.165, 1.54) is 12.1 Å². The second-order valence-corrected chi connectivity index (χ2v) is 10.5. The van der Waals surface area contributed by atoms with Gasteiger partial charge in [-0.25, -0.2) is 18.2 Å². The number of sulfonamides is 1. The predicted molar refractivity (Wildman–Crippen MR) is 135 cm³/mol. The summed E-state index contributed by atoms with van der Waals surface area (Å²) in [4.78, 5) is 28.7. The third-order valence-electron chi connectivity index (χ3n) is 5.12. The van der Waals surface area contributed by atoms with Crippen molar-refractivity contribution in [3.63, 3.8) is 0 Å². The first kappa shape index (κ1) is 25.8. The summed E-state index contributed by atoms with van der Waals surface area (Å²) in [6.07, 6.45) is 1.06. The number of halogens is 3. The van der Waals surface area contributed by atoms with Crippen LogP contribution >= 0.6 is 34.8 Å². The van der Waals surface area contributed by atoms with E-state index in [9.17, 15) is 23.1 Å². The fourth-order valence-electron chi connectivity index (χ4n) is 3.39.